The maximum absolute atomic E-state index is 12.0. The largest absolute Gasteiger partial charge is 0.370 e. The minimum Gasteiger partial charge on any atom is -0.370 e. The molecule has 1 aliphatic rings. The highest BCUT2D eigenvalue weighted by Crippen LogP contribution is 2.24. The third kappa shape index (κ3) is 1.83. The SMILES string of the molecule is O=c1cccc2n1-c1ccc(Br)cc1COC2. The number of ether oxygens (including phenoxy) is 1. The molecule has 1 aromatic carbocycles. The van der Waals surface area contributed by atoms with Gasteiger partial charge in [0.1, 0.15) is 0 Å². The molecule has 0 amide bonds. The Labute approximate surface area is 107 Å². The summed E-state index contributed by atoms with van der Waals surface area (Å²) in [6.07, 6.45) is 0. The summed E-state index contributed by atoms with van der Waals surface area (Å²) in [5, 5.41) is 0. The molecule has 0 saturated heterocycles. The number of rotatable bonds is 0. The third-order valence-electron chi connectivity index (χ3n) is 2.82. The van der Waals surface area contributed by atoms with Gasteiger partial charge in [-0.3, -0.25) is 9.36 Å². The van der Waals surface area contributed by atoms with Crippen LogP contribution in [0.15, 0.2) is 45.7 Å². The lowest BCUT2D eigenvalue weighted by atomic mass is 10.2. The van der Waals surface area contributed by atoms with E-state index in [-0.39, 0.29) is 5.56 Å². The Bertz CT molecular complexity index is 634. The van der Waals surface area contributed by atoms with E-state index in [0.29, 0.717) is 13.2 Å². The van der Waals surface area contributed by atoms with Crippen molar-refractivity contribution in [3.63, 3.8) is 0 Å². The van der Waals surface area contributed by atoms with Crippen molar-refractivity contribution in [2.75, 3.05) is 0 Å². The minimum absolute atomic E-state index is 0.0171. The number of hydrogen-bond acceptors (Lipinski definition) is 2. The van der Waals surface area contributed by atoms with E-state index in [2.05, 4.69) is 15.9 Å². The van der Waals surface area contributed by atoms with E-state index in [1.807, 2.05) is 24.3 Å². The topological polar surface area (TPSA) is 31.2 Å². The van der Waals surface area contributed by atoms with Crippen LogP contribution < -0.4 is 5.56 Å². The van der Waals surface area contributed by atoms with Crippen LogP contribution in [0.4, 0.5) is 0 Å². The summed E-state index contributed by atoms with van der Waals surface area (Å²) < 4.78 is 8.29. The molecule has 4 heteroatoms. The number of hydrogen-bond donors (Lipinski definition) is 0. The molecule has 0 saturated carbocycles. The van der Waals surface area contributed by atoms with Crippen molar-refractivity contribution in [1.29, 1.82) is 0 Å². The first-order valence-electron chi connectivity index (χ1n) is 5.33. The lowest BCUT2D eigenvalue weighted by molar-refractivity contribution is 0.107. The monoisotopic (exact) mass is 291 g/mol. The van der Waals surface area contributed by atoms with Gasteiger partial charge in [0, 0.05) is 16.1 Å². The number of nitrogens with zero attached hydrogens (tertiary/aromatic N) is 1. The zero-order valence-electron chi connectivity index (χ0n) is 9.02. The highest BCUT2D eigenvalue weighted by molar-refractivity contribution is 9.10. The van der Waals surface area contributed by atoms with Gasteiger partial charge in [0.25, 0.3) is 5.56 Å². The first kappa shape index (κ1) is 10.7. The predicted molar refractivity (Wildman–Crippen MR) is 68.2 cm³/mol. The van der Waals surface area contributed by atoms with Gasteiger partial charge >= 0.3 is 0 Å². The molecule has 1 aliphatic heterocycles. The molecule has 0 fully saturated rings. The molecule has 0 unspecified atom stereocenters. The molecule has 86 valence electrons. The normalized spacial score (nSPS) is 13.7. The van der Waals surface area contributed by atoms with E-state index >= 15 is 0 Å². The van der Waals surface area contributed by atoms with Crippen LogP contribution in [0.5, 0.6) is 0 Å². The van der Waals surface area contributed by atoms with Gasteiger partial charge in [0.2, 0.25) is 0 Å². The van der Waals surface area contributed by atoms with Gasteiger partial charge in [-0.05, 0) is 24.3 Å². The van der Waals surface area contributed by atoms with Crippen molar-refractivity contribution in [3.8, 4) is 5.69 Å². The Balaban J connectivity index is 2.34. The van der Waals surface area contributed by atoms with Crippen LogP contribution in [0, 0.1) is 0 Å². The molecule has 0 radical (unpaired) electrons. The maximum atomic E-state index is 12.0. The van der Waals surface area contributed by atoms with Crippen LogP contribution in [0.1, 0.15) is 11.3 Å². The summed E-state index contributed by atoms with van der Waals surface area (Å²) in [5.41, 5.74) is 2.80. The van der Waals surface area contributed by atoms with Gasteiger partial charge in [-0.2, -0.15) is 0 Å². The van der Waals surface area contributed by atoms with E-state index in [1.54, 1.807) is 16.7 Å². The Morgan fingerprint density at radius 1 is 1.18 bits per heavy atom. The molecule has 3 rings (SSSR count). The van der Waals surface area contributed by atoms with Crippen molar-refractivity contribution >= 4 is 15.9 Å². The van der Waals surface area contributed by atoms with E-state index in [9.17, 15) is 4.79 Å². The Morgan fingerprint density at radius 3 is 2.94 bits per heavy atom. The van der Waals surface area contributed by atoms with E-state index in [0.717, 1.165) is 21.4 Å². The summed E-state index contributed by atoms with van der Waals surface area (Å²) in [6.45, 7) is 0.984. The molecule has 0 N–H and O–H groups in total. The summed E-state index contributed by atoms with van der Waals surface area (Å²) in [4.78, 5) is 12.0. The minimum atomic E-state index is -0.0171. The van der Waals surface area contributed by atoms with Crippen molar-refractivity contribution < 1.29 is 4.74 Å². The van der Waals surface area contributed by atoms with Crippen LogP contribution in [-0.2, 0) is 18.0 Å². The van der Waals surface area contributed by atoms with Gasteiger partial charge < -0.3 is 4.74 Å². The van der Waals surface area contributed by atoms with Gasteiger partial charge in [0.15, 0.2) is 0 Å². The fourth-order valence-electron chi connectivity index (χ4n) is 2.07. The third-order valence-corrected chi connectivity index (χ3v) is 3.32. The number of halogens is 1. The lowest BCUT2D eigenvalue weighted by Gasteiger charge is -2.11. The van der Waals surface area contributed by atoms with Crippen molar-refractivity contribution in [3.05, 3.63) is 62.5 Å². The molecule has 3 nitrogen and oxygen atoms in total. The molecule has 0 spiro atoms. The van der Waals surface area contributed by atoms with Crippen LogP contribution in [0.25, 0.3) is 5.69 Å². The number of aromatic nitrogens is 1. The fourth-order valence-corrected chi connectivity index (χ4v) is 2.48. The van der Waals surface area contributed by atoms with Crippen LogP contribution in [0.2, 0.25) is 0 Å². The number of benzene rings is 1. The number of fused-ring (bicyclic) bond motifs is 3. The molecule has 0 bridgehead atoms. The molecular weight excluding hydrogens is 282 g/mol. The van der Waals surface area contributed by atoms with Crippen molar-refractivity contribution in [2.45, 2.75) is 13.2 Å². The number of pyridine rings is 1. The second-order valence-corrected chi connectivity index (χ2v) is 4.87. The fraction of sp³-hybridized carbons (Fsp3) is 0.154. The Morgan fingerprint density at radius 2 is 2.06 bits per heavy atom. The second kappa shape index (κ2) is 4.13. The van der Waals surface area contributed by atoms with Crippen LogP contribution in [0.3, 0.4) is 0 Å². The van der Waals surface area contributed by atoms with E-state index in [1.165, 1.54) is 0 Å². The molecule has 2 aromatic rings. The Hall–Kier alpha value is -1.39. The molecule has 2 heterocycles. The van der Waals surface area contributed by atoms with Crippen molar-refractivity contribution in [1.82, 2.24) is 4.57 Å². The van der Waals surface area contributed by atoms with Gasteiger partial charge in [0.05, 0.1) is 24.6 Å². The summed E-state index contributed by atoms with van der Waals surface area (Å²) in [7, 11) is 0. The first-order valence-corrected chi connectivity index (χ1v) is 6.12. The molecular formula is C13H10BrNO2. The van der Waals surface area contributed by atoms with E-state index < -0.39 is 0 Å². The van der Waals surface area contributed by atoms with Crippen LogP contribution >= 0.6 is 15.9 Å². The predicted octanol–water partition coefficient (Wildman–Crippen LogP) is 2.63. The average molecular weight is 292 g/mol. The van der Waals surface area contributed by atoms with Crippen LogP contribution in [-0.4, -0.2) is 4.57 Å². The lowest BCUT2D eigenvalue weighted by Crippen LogP contribution is -2.20. The highest BCUT2D eigenvalue weighted by atomic mass is 79.9. The average Bonchev–Trinajstić information content (AvgIpc) is 2.48. The maximum Gasteiger partial charge on any atom is 0.255 e. The Kier molecular flexibility index (Phi) is 2.61. The first-order chi connectivity index (χ1) is 8.25. The van der Waals surface area contributed by atoms with Gasteiger partial charge in [-0.1, -0.05) is 22.0 Å². The highest BCUT2D eigenvalue weighted by Gasteiger charge is 2.14. The van der Waals surface area contributed by atoms with Crippen molar-refractivity contribution in [2.24, 2.45) is 0 Å². The molecule has 0 atom stereocenters. The smallest absolute Gasteiger partial charge is 0.255 e. The van der Waals surface area contributed by atoms with E-state index in [4.69, 9.17) is 4.74 Å². The van der Waals surface area contributed by atoms with Gasteiger partial charge in [-0.25, -0.2) is 0 Å². The molecule has 1 aromatic heterocycles. The van der Waals surface area contributed by atoms with Gasteiger partial charge in [-0.15, -0.1) is 0 Å². The summed E-state index contributed by atoms with van der Waals surface area (Å²) in [5.74, 6) is 0. The quantitative estimate of drug-likeness (QED) is 0.747. The molecule has 0 aliphatic carbocycles. The summed E-state index contributed by atoms with van der Waals surface area (Å²) in [6, 6.07) is 11.1. The zero-order valence-corrected chi connectivity index (χ0v) is 10.6. The summed E-state index contributed by atoms with van der Waals surface area (Å²) >= 11 is 3.43. The molecule has 17 heavy (non-hydrogen) atoms. The second-order valence-electron chi connectivity index (χ2n) is 3.96. The zero-order chi connectivity index (χ0) is 11.8. The standard InChI is InChI=1S/C13H10BrNO2/c14-10-4-5-12-9(6-10)7-17-8-11-2-1-3-13(16)15(11)12/h1-6H,7-8H2.